The van der Waals surface area contributed by atoms with Gasteiger partial charge in [0.25, 0.3) is 0 Å². The molecule has 1 rings (SSSR count). The van der Waals surface area contributed by atoms with Gasteiger partial charge in [0, 0.05) is 19.6 Å². The Morgan fingerprint density at radius 1 is 1.31 bits per heavy atom. The van der Waals surface area contributed by atoms with Gasteiger partial charge in [-0.1, -0.05) is 13.8 Å². The van der Waals surface area contributed by atoms with E-state index >= 15 is 0 Å². The zero-order valence-corrected chi connectivity index (χ0v) is 9.50. The van der Waals surface area contributed by atoms with Gasteiger partial charge in [0.2, 0.25) is 10.0 Å². The molecule has 0 aromatic carbocycles. The summed E-state index contributed by atoms with van der Waals surface area (Å²) in [5.74, 6) is 0.634. The maximum Gasteiger partial charge on any atom is 0.227 e. The third-order valence-corrected chi connectivity index (χ3v) is 4.45. The number of sulfonamides is 1. The van der Waals surface area contributed by atoms with Gasteiger partial charge in [0.05, 0.1) is 0 Å². The van der Waals surface area contributed by atoms with E-state index in [1.54, 1.807) is 7.05 Å². The van der Waals surface area contributed by atoms with Crippen molar-refractivity contribution in [3.05, 3.63) is 0 Å². The number of nitrogens with zero attached hydrogens (tertiary/aromatic N) is 2. The quantitative estimate of drug-likeness (QED) is 0.614. The van der Waals surface area contributed by atoms with Crippen molar-refractivity contribution in [2.45, 2.75) is 19.9 Å². The van der Waals surface area contributed by atoms with Gasteiger partial charge in [-0.05, 0) is 13.0 Å². The molecule has 0 spiro atoms. The molecule has 1 aliphatic heterocycles. The maximum atomic E-state index is 11.4. The summed E-state index contributed by atoms with van der Waals surface area (Å²) in [6.07, 6.45) is 0. The maximum absolute atomic E-state index is 11.4. The monoisotopic (exact) mass is 206 g/mol. The second-order valence-corrected chi connectivity index (χ2v) is 6.14. The normalized spacial score (nSPS) is 31.0. The highest BCUT2D eigenvalue weighted by Crippen LogP contribution is 2.18. The van der Waals surface area contributed by atoms with E-state index in [0.29, 0.717) is 18.5 Å². The summed E-state index contributed by atoms with van der Waals surface area (Å²) in [4.78, 5) is 1.92. The molecule has 0 amide bonds. The zero-order chi connectivity index (χ0) is 10.2. The molecule has 4 nitrogen and oxygen atoms in total. The van der Waals surface area contributed by atoms with Crippen molar-refractivity contribution in [1.82, 2.24) is 9.21 Å². The van der Waals surface area contributed by atoms with E-state index in [0.717, 1.165) is 0 Å². The Kier molecular flexibility index (Phi) is 2.99. The Hall–Kier alpha value is -0.130. The molecule has 0 bridgehead atoms. The van der Waals surface area contributed by atoms with Crippen LogP contribution in [0.5, 0.6) is 0 Å². The van der Waals surface area contributed by atoms with Crippen LogP contribution in [0.1, 0.15) is 13.8 Å². The van der Waals surface area contributed by atoms with Crippen LogP contribution in [0.15, 0.2) is 0 Å². The Bertz CT molecular complexity index is 274. The van der Waals surface area contributed by atoms with Crippen LogP contribution in [0.2, 0.25) is 0 Å². The molecule has 1 saturated heterocycles. The van der Waals surface area contributed by atoms with Crippen LogP contribution >= 0.6 is 0 Å². The molecule has 78 valence electrons. The van der Waals surface area contributed by atoms with Crippen molar-refractivity contribution in [3.8, 4) is 0 Å². The lowest BCUT2D eigenvalue weighted by atomic mass is 10.0. The Labute approximate surface area is 80.6 Å². The number of hydrogen-bond donors (Lipinski definition) is 0. The molecule has 0 aliphatic carbocycles. The van der Waals surface area contributed by atoms with Gasteiger partial charge in [0.1, 0.15) is 5.88 Å². The molecule has 1 atom stereocenters. The Balaban J connectivity index is 2.79. The van der Waals surface area contributed by atoms with Crippen LogP contribution in [0.4, 0.5) is 0 Å². The molecule has 0 aromatic rings. The second kappa shape index (κ2) is 3.55. The molecule has 1 heterocycles. The Morgan fingerprint density at radius 2 is 1.85 bits per heavy atom. The largest absolute Gasteiger partial charge is 0.287 e. The van der Waals surface area contributed by atoms with Gasteiger partial charge < -0.3 is 0 Å². The lowest BCUT2D eigenvalue weighted by Gasteiger charge is -2.39. The minimum absolute atomic E-state index is 0.145. The first-order chi connectivity index (χ1) is 5.84. The number of rotatable bonds is 1. The van der Waals surface area contributed by atoms with Gasteiger partial charge >= 0.3 is 0 Å². The molecule has 0 N–H and O–H groups in total. The van der Waals surface area contributed by atoms with E-state index in [-0.39, 0.29) is 5.88 Å². The van der Waals surface area contributed by atoms with Gasteiger partial charge in [-0.3, -0.25) is 4.90 Å². The molecule has 1 unspecified atom stereocenters. The van der Waals surface area contributed by atoms with E-state index in [2.05, 4.69) is 13.8 Å². The first kappa shape index (κ1) is 10.9. The van der Waals surface area contributed by atoms with E-state index in [9.17, 15) is 8.42 Å². The van der Waals surface area contributed by atoms with Crippen LogP contribution in [0.3, 0.4) is 0 Å². The molecule has 1 aliphatic rings. The van der Waals surface area contributed by atoms with Gasteiger partial charge in [-0.2, -0.15) is 0 Å². The van der Waals surface area contributed by atoms with Crippen molar-refractivity contribution in [3.63, 3.8) is 0 Å². The molecule has 0 saturated carbocycles. The molecule has 0 aromatic heterocycles. The van der Waals surface area contributed by atoms with E-state index in [4.69, 9.17) is 0 Å². The summed E-state index contributed by atoms with van der Waals surface area (Å²) < 4.78 is 24.3. The first-order valence-corrected chi connectivity index (χ1v) is 6.10. The molecule has 5 heteroatoms. The summed E-state index contributed by atoms with van der Waals surface area (Å²) in [6.45, 7) is 4.84. The number of likely N-dealkylation sites (N-methyl/N-ethyl adjacent to an activating group) is 2. The molecule has 0 radical (unpaired) electrons. The van der Waals surface area contributed by atoms with Gasteiger partial charge in [-0.25, -0.2) is 12.7 Å². The topological polar surface area (TPSA) is 40.6 Å². The predicted molar refractivity (Wildman–Crippen MR) is 52.8 cm³/mol. The smallest absolute Gasteiger partial charge is 0.227 e. The highest BCUT2D eigenvalue weighted by Gasteiger charge is 2.33. The summed E-state index contributed by atoms with van der Waals surface area (Å²) in [5, 5.41) is 0. The molecule has 1 fully saturated rings. The number of hydrogen-bond acceptors (Lipinski definition) is 3. The zero-order valence-electron chi connectivity index (χ0n) is 8.69. The van der Waals surface area contributed by atoms with Gasteiger partial charge in [-0.15, -0.1) is 0 Å². The second-order valence-electron chi connectivity index (χ2n) is 4.09. The summed E-state index contributed by atoms with van der Waals surface area (Å²) in [7, 11) is 0.503. The third-order valence-electron chi connectivity index (χ3n) is 2.62. The molecular weight excluding hydrogens is 188 g/mol. The van der Waals surface area contributed by atoms with E-state index in [1.807, 2.05) is 11.9 Å². The van der Waals surface area contributed by atoms with Crippen molar-refractivity contribution in [1.29, 1.82) is 0 Å². The lowest BCUT2D eigenvalue weighted by molar-refractivity contribution is 0.168. The third kappa shape index (κ3) is 2.21. The fourth-order valence-electron chi connectivity index (χ4n) is 1.69. The van der Waals surface area contributed by atoms with E-state index in [1.165, 1.54) is 4.31 Å². The van der Waals surface area contributed by atoms with E-state index < -0.39 is 10.0 Å². The van der Waals surface area contributed by atoms with Crippen LogP contribution < -0.4 is 0 Å². The van der Waals surface area contributed by atoms with Crippen molar-refractivity contribution >= 4 is 10.0 Å². The summed E-state index contributed by atoms with van der Waals surface area (Å²) in [5.41, 5.74) is 0. The average Bonchev–Trinajstić information content (AvgIpc) is 1.95. The van der Waals surface area contributed by atoms with Crippen LogP contribution in [-0.2, 0) is 10.0 Å². The molecular formula is C8H18N2O2S. The molecule has 13 heavy (non-hydrogen) atoms. The lowest BCUT2D eigenvalue weighted by Crippen LogP contribution is -2.54. The fourth-order valence-corrected chi connectivity index (χ4v) is 2.97. The SMILES string of the molecule is CC(C)C1CN(C)S(=O)(=O)CN1C. The highest BCUT2D eigenvalue weighted by atomic mass is 32.2. The standard InChI is InChI=1S/C8H18N2O2S/c1-7(2)8-5-10(4)13(11,12)6-9(8)3/h7-8H,5-6H2,1-4H3. The van der Waals surface area contributed by atoms with Crippen LogP contribution in [0, 0.1) is 5.92 Å². The minimum Gasteiger partial charge on any atom is -0.287 e. The van der Waals surface area contributed by atoms with Crippen LogP contribution in [-0.4, -0.2) is 50.2 Å². The Morgan fingerprint density at radius 3 is 2.31 bits per heavy atom. The first-order valence-electron chi connectivity index (χ1n) is 4.49. The van der Waals surface area contributed by atoms with Gasteiger partial charge in [0.15, 0.2) is 0 Å². The predicted octanol–water partition coefficient (Wildman–Crippen LogP) is 0.176. The summed E-state index contributed by atoms with van der Waals surface area (Å²) in [6, 6.07) is 0.341. The van der Waals surface area contributed by atoms with Crippen molar-refractivity contribution in [2.75, 3.05) is 26.5 Å². The highest BCUT2D eigenvalue weighted by molar-refractivity contribution is 7.89. The average molecular weight is 206 g/mol. The minimum atomic E-state index is -3.02. The van der Waals surface area contributed by atoms with Crippen molar-refractivity contribution in [2.24, 2.45) is 5.92 Å². The fraction of sp³-hybridized carbons (Fsp3) is 1.00. The van der Waals surface area contributed by atoms with Crippen LogP contribution in [0.25, 0.3) is 0 Å². The summed E-state index contributed by atoms with van der Waals surface area (Å²) >= 11 is 0. The van der Waals surface area contributed by atoms with Crippen molar-refractivity contribution < 1.29 is 8.42 Å².